The predicted octanol–water partition coefficient (Wildman–Crippen LogP) is 2.47. The lowest BCUT2D eigenvalue weighted by molar-refractivity contribution is 0.0950. The maximum absolute atomic E-state index is 12.3. The molecule has 23 heavy (non-hydrogen) atoms. The normalized spacial score (nSPS) is 10.7. The van der Waals surface area contributed by atoms with Crippen LogP contribution in [-0.2, 0) is 6.54 Å². The number of rotatable bonds is 3. The first-order valence-corrected chi connectivity index (χ1v) is 7.38. The number of hydrogen-bond acceptors (Lipinski definition) is 3. The summed E-state index contributed by atoms with van der Waals surface area (Å²) in [6, 6.07) is 12.8. The van der Waals surface area contributed by atoms with Gasteiger partial charge in [-0.3, -0.25) is 9.59 Å². The van der Waals surface area contributed by atoms with Gasteiger partial charge in [0.15, 0.2) is 0 Å². The van der Waals surface area contributed by atoms with E-state index < -0.39 is 0 Å². The number of aryl methyl sites for hydroxylation is 2. The molecule has 0 spiro atoms. The molecule has 0 bridgehead atoms. The number of aromatic nitrogens is 2. The number of carbonyl (C=O) groups is 1. The number of aromatic amines is 1. The predicted molar refractivity (Wildman–Crippen MR) is 89.4 cm³/mol. The molecule has 3 rings (SSSR count). The van der Waals surface area contributed by atoms with Gasteiger partial charge in [0.05, 0.1) is 17.6 Å². The number of hydrogen-bond donors (Lipinski definition) is 2. The Morgan fingerprint density at radius 2 is 1.83 bits per heavy atom. The summed E-state index contributed by atoms with van der Waals surface area (Å²) in [6.45, 7) is 4.24. The van der Waals surface area contributed by atoms with Crippen molar-refractivity contribution in [1.82, 2.24) is 15.5 Å². The second-order valence-corrected chi connectivity index (χ2v) is 5.53. The van der Waals surface area contributed by atoms with Crippen molar-refractivity contribution >= 4 is 16.7 Å². The zero-order chi connectivity index (χ0) is 16.4. The summed E-state index contributed by atoms with van der Waals surface area (Å²) in [7, 11) is 0. The van der Waals surface area contributed by atoms with Crippen molar-refractivity contribution in [3.63, 3.8) is 0 Å². The molecule has 5 heteroatoms. The third kappa shape index (κ3) is 2.99. The highest BCUT2D eigenvalue weighted by atomic mass is 16.1. The molecule has 2 N–H and O–H groups in total. The molecule has 0 saturated heterocycles. The Morgan fingerprint density at radius 3 is 2.57 bits per heavy atom. The Bertz CT molecular complexity index is 944. The fourth-order valence-corrected chi connectivity index (χ4v) is 2.45. The van der Waals surface area contributed by atoms with Crippen molar-refractivity contribution in [2.75, 3.05) is 0 Å². The van der Waals surface area contributed by atoms with Crippen LogP contribution in [0, 0.1) is 13.8 Å². The van der Waals surface area contributed by atoms with Crippen LogP contribution >= 0.6 is 0 Å². The minimum absolute atomic E-state index is 0.162. The quantitative estimate of drug-likeness (QED) is 0.780. The van der Waals surface area contributed by atoms with Gasteiger partial charge in [0.1, 0.15) is 0 Å². The minimum Gasteiger partial charge on any atom is -0.346 e. The van der Waals surface area contributed by atoms with Crippen LogP contribution in [0.5, 0.6) is 0 Å². The number of nitrogens with one attached hydrogen (secondary N) is 2. The largest absolute Gasteiger partial charge is 0.346 e. The fourth-order valence-electron chi connectivity index (χ4n) is 2.45. The molecule has 2 aromatic carbocycles. The summed E-state index contributed by atoms with van der Waals surface area (Å²) in [5, 5.41) is 10.7. The summed E-state index contributed by atoms with van der Waals surface area (Å²) < 4.78 is 0. The average molecular weight is 307 g/mol. The Balaban J connectivity index is 1.83. The van der Waals surface area contributed by atoms with E-state index in [4.69, 9.17) is 0 Å². The standard InChI is InChI=1S/C18H17N3O2/c1-11-7-8-13(9-12(11)2)17(22)19-10-16-14-5-3-4-6-15(14)18(23)21-20-16/h3-9H,10H2,1-2H3,(H,19,22)(H,21,23). The van der Waals surface area contributed by atoms with E-state index in [1.54, 1.807) is 18.2 Å². The molecule has 0 unspecified atom stereocenters. The number of fused-ring (bicyclic) bond motifs is 1. The van der Waals surface area contributed by atoms with E-state index in [2.05, 4.69) is 15.5 Å². The van der Waals surface area contributed by atoms with Crippen LogP contribution in [0.4, 0.5) is 0 Å². The first-order chi connectivity index (χ1) is 11.1. The summed E-state index contributed by atoms with van der Waals surface area (Å²) in [5.74, 6) is -0.162. The smallest absolute Gasteiger partial charge is 0.272 e. The molecule has 0 aliphatic carbocycles. The fraction of sp³-hybridized carbons (Fsp3) is 0.167. The summed E-state index contributed by atoms with van der Waals surface area (Å²) in [6.07, 6.45) is 0. The van der Waals surface area contributed by atoms with Crippen molar-refractivity contribution in [3.8, 4) is 0 Å². The van der Waals surface area contributed by atoms with Gasteiger partial charge >= 0.3 is 0 Å². The highest BCUT2D eigenvalue weighted by Crippen LogP contribution is 2.13. The highest BCUT2D eigenvalue weighted by Gasteiger charge is 2.10. The molecule has 0 saturated carbocycles. The first-order valence-electron chi connectivity index (χ1n) is 7.38. The Kier molecular flexibility index (Phi) is 3.93. The number of H-pyrrole nitrogens is 1. The first kappa shape index (κ1) is 15.0. The molecular weight excluding hydrogens is 290 g/mol. The molecule has 3 aromatic rings. The molecule has 1 heterocycles. The van der Waals surface area contributed by atoms with Gasteiger partial charge in [0.25, 0.3) is 11.5 Å². The number of amides is 1. The van der Waals surface area contributed by atoms with Crippen molar-refractivity contribution in [3.05, 3.63) is 75.2 Å². The van der Waals surface area contributed by atoms with Crippen LogP contribution in [0.1, 0.15) is 27.2 Å². The Morgan fingerprint density at radius 1 is 1.09 bits per heavy atom. The minimum atomic E-state index is -0.232. The monoisotopic (exact) mass is 307 g/mol. The van der Waals surface area contributed by atoms with Crippen molar-refractivity contribution in [2.24, 2.45) is 0 Å². The second kappa shape index (κ2) is 6.04. The van der Waals surface area contributed by atoms with Crippen molar-refractivity contribution in [1.29, 1.82) is 0 Å². The number of carbonyl (C=O) groups excluding carboxylic acids is 1. The van der Waals surface area contributed by atoms with Gasteiger partial charge in [-0.05, 0) is 43.2 Å². The van der Waals surface area contributed by atoms with Crippen LogP contribution in [0.15, 0.2) is 47.3 Å². The van der Waals surface area contributed by atoms with Crippen molar-refractivity contribution in [2.45, 2.75) is 20.4 Å². The molecule has 1 amide bonds. The van der Waals surface area contributed by atoms with E-state index in [0.717, 1.165) is 16.5 Å². The summed E-state index contributed by atoms with van der Waals surface area (Å²) in [5.41, 5.74) is 3.24. The number of nitrogens with zero attached hydrogens (tertiary/aromatic N) is 1. The molecule has 0 atom stereocenters. The maximum atomic E-state index is 12.3. The van der Waals surface area contributed by atoms with E-state index in [-0.39, 0.29) is 18.0 Å². The van der Waals surface area contributed by atoms with Crippen LogP contribution in [0.2, 0.25) is 0 Å². The molecule has 0 aliphatic rings. The molecule has 0 fully saturated rings. The third-order valence-electron chi connectivity index (χ3n) is 3.96. The lowest BCUT2D eigenvalue weighted by atomic mass is 10.1. The topological polar surface area (TPSA) is 74.8 Å². The summed E-state index contributed by atoms with van der Waals surface area (Å²) in [4.78, 5) is 24.0. The van der Waals surface area contributed by atoms with Gasteiger partial charge < -0.3 is 5.32 Å². The van der Waals surface area contributed by atoms with Crippen LogP contribution in [0.3, 0.4) is 0 Å². The second-order valence-electron chi connectivity index (χ2n) is 5.53. The maximum Gasteiger partial charge on any atom is 0.272 e. The number of benzene rings is 2. The Labute approximate surface area is 133 Å². The van der Waals surface area contributed by atoms with Gasteiger partial charge in [0, 0.05) is 10.9 Å². The summed E-state index contributed by atoms with van der Waals surface area (Å²) >= 11 is 0. The zero-order valence-corrected chi connectivity index (χ0v) is 13.0. The van der Waals surface area contributed by atoms with E-state index in [9.17, 15) is 9.59 Å². The van der Waals surface area contributed by atoms with E-state index in [1.165, 1.54) is 0 Å². The average Bonchev–Trinajstić information content (AvgIpc) is 2.57. The van der Waals surface area contributed by atoms with Gasteiger partial charge in [-0.1, -0.05) is 24.3 Å². The Hall–Kier alpha value is -2.95. The highest BCUT2D eigenvalue weighted by molar-refractivity contribution is 5.94. The zero-order valence-electron chi connectivity index (χ0n) is 13.0. The lowest BCUT2D eigenvalue weighted by Gasteiger charge is -2.08. The molecule has 1 aromatic heterocycles. The van der Waals surface area contributed by atoms with Gasteiger partial charge in [-0.15, -0.1) is 0 Å². The van der Waals surface area contributed by atoms with E-state index >= 15 is 0 Å². The lowest BCUT2D eigenvalue weighted by Crippen LogP contribution is -2.24. The van der Waals surface area contributed by atoms with Crippen LogP contribution < -0.4 is 10.9 Å². The SMILES string of the molecule is Cc1ccc(C(=O)NCc2n[nH]c(=O)c3ccccc23)cc1C. The molecule has 0 aliphatic heterocycles. The molecule has 0 radical (unpaired) electrons. The van der Waals surface area contributed by atoms with E-state index in [1.807, 2.05) is 38.1 Å². The van der Waals surface area contributed by atoms with Crippen LogP contribution in [-0.4, -0.2) is 16.1 Å². The molecule has 5 nitrogen and oxygen atoms in total. The van der Waals surface area contributed by atoms with Gasteiger partial charge in [-0.2, -0.15) is 5.10 Å². The van der Waals surface area contributed by atoms with Gasteiger partial charge in [0.2, 0.25) is 0 Å². The van der Waals surface area contributed by atoms with E-state index in [0.29, 0.717) is 16.6 Å². The van der Waals surface area contributed by atoms with Crippen LogP contribution in [0.25, 0.3) is 10.8 Å². The van der Waals surface area contributed by atoms with Crippen molar-refractivity contribution < 1.29 is 4.79 Å². The molecule has 116 valence electrons. The molecular formula is C18H17N3O2. The van der Waals surface area contributed by atoms with Gasteiger partial charge in [-0.25, -0.2) is 5.10 Å². The third-order valence-corrected chi connectivity index (χ3v) is 3.96.